The number of hydrogen-bond donors (Lipinski definition) is 0. The van der Waals surface area contributed by atoms with Crippen molar-refractivity contribution in [2.45, 2.75) is 85.5 Å². The lowest BCUT2D eigenvalue weighted by Crippen LogP contribution is -2.50. The summed E-state index contributed by atoms with van der Waals surface area (Å²) in [6.45, 7) is 15.0. The number of carbonyl (C=O) groups is 1. The second-order valence-corrected chi connectivity index (χ2v) is 7.25. The summed E-state index contributed by atoms with van der Waals surface area (Å²) in [7, 11) is 0. The number of carboxylic acid groups (broad SMARTS) is 1. The SMILES string of the molecule is CCCC[N+](CCCC)(CCCC)CCCC.O=C([O-])CCBr. The number of carbonyl (C=O) groups excluding carboxylic acids is 1. The highest BCUT2D eigenvalue weighted by Crippen LogP contribution is 2.16. The summed E-state index contributed by atoms with van der Waals surface area (Å²) in [5.41, 5.74) is 0. The maximum Gasteiger partial charge on any atom is 0.0786 e. The Morgan fingerprint density at radius 2 is 1.09 bits per heavy atom. The van der Waals surface area contributed by atoms with Gasteiger partial charge in [0.1, 0.15) is 0 Å². The Morgan fingerprint density at radius 1 is 0.783 bits per heavy atom. The van der Waals surface area contributed by atoms with Crippen LogP contribution in [0.5, 0.6) is 0 Å². The van der Waals surface area contributed by atoms with Gasteiger partial charge in [0.2, 0.25) is 0 Å². The lowest BCUT2D eigenvalue weighted by Gasteiger charge is -2.39. The van der Waals surface area contributed by atoms with Crippen LogP contribution in [0.3, 0.4) is 0 Å². The third kappa shape index (κ3) is 16.5. The van der Waals surface area contributed by atoms with Gasteiger partial charge in [0.15, 0.2) is 0 Å². The third-order valence-electron chi connectivity index (χ3n) is 4.24. The van der Waals surface area contributed by atoms with Crippen LogP contribution in [0.1, 0.15) is 85.5 Å². The molecule has 0 saturated heterocycles. The minimum absolute atomic E-state index is 0.0972. The Bertz CT molecular complexity index is 222. The number of rotatable bonds is 14. The molecular weight excluding hydrogens is 354 g/mol. The van der Waals surface area contributed by atoms with Crippen LogP contribution in [-0.4, -0.2) is 42.0 Å². The van der Waals surface area contributed by atoms with Crippen LogP contribution in [0.15, 0.2) is 0 Å². The summed E-state index contributed by atoms with van der Waals surface area (Å²) in [6.07, 6.45) is 11.2. The minimum Gasteiger partial charge on any atom is -0.550 e. The van der Waals surface area contributed by atoms with Gasteiger partial charge in [0.05, 0.1) is 26.2 Å². The van der Waals surface area contributed by atoms with E-state index in [0.717, 1.165) is 0 Å². The number of nitrogens with zero attached hydrogens (tertiary/aromatic N) is 1. The summed E-state index contributed by atoms with van der Waals surface area (Å²) in [4.78, 5) is 9.46. The Morgan fingerprint density at radius 3 is 1.22 bits per heavy atom. The monoisotopic (exact) mass is 393 g/mol. The summed E-state index contributed by atoms with van der Waals surface area (Å²) in [6, 6.07) is 0. The van der Waals surface area contributed by atoms with Gasteiger partial charge in [0.25, 0.3) is 0 Å². The van der Waals surface area contributed by atoms with E-state index in [1.807, 2.05) is 0 Å². The maximum absolute atomic E-state index is 9.46. The molecule has 0 atom stereocenters. The first kappa shape index (κ1) is 25.2. The van der Waals surface area contributed by atoms with E-state index in [2.05, 4.69) is 43.6 Å². The zero-order valence-corrected chi connectivity index (χ0v) is 17.6. The molecule has 0 radical (unpaired) electrons. The number of carboxylic acids is 1. The van der Waals surface area contributed by atoms with Crippen molar-refractivity contribution in [2.24, 2.45) is 0 Å². The smallest absolute Gasteiger partial charge is 0.0786 e. The molecule has 23 heavy (non-hydrogen) atoms. The van der Waals surface area contributed by atoms with Crippen molar-refractivity contribution in [3.05, 3.63) is 0 Å². The van der Waals surface area contributed by atoms with Crippen LogP contribution in [0, 0.1) is 0 Å². The van der Waals surface area contributed by atoms with E-state index >= 15 is 0 Å². The molecule has 0 bridgehead atoms. The maximum atomic E-state index is 9.46. The number of hydrogen-bond acceptors (Lipinski definition) is 2. The second kappa shape index (κ2) is 18.3. The highest BCUT2D eigenvalue weighted by atomic mass is 79.9. The van der Waals surface area contributed by atoms with Gasteiger partial charge < -0.3 is 14.4 Å². The van der Waals surface area contributed by atoms with Crippen molar-refractivity contribution in [3.63, 3.8) is 0 Å². The molecule has 0 aliphatic carbocycles. The third-order valence-corrected chi connectivity index (χ3v) is 4.64. The van der Waals surface area contributed by atoms with Crippen LogP contribution in [0.4, 0.5) is 0 Å². The Labute approximate surface area is 153 Å². The first-order valence-electron chi connectivity index (χ1n) is 9.62. The normalized spacial score (nSPS) is 11.0. The van der Waals surface area contributed by atoms with Crippen LogP contribution in [0.25, 0.3) is 0 Å². The molecule has 140 valence electrons. The van der Waals surface area contributed by atoms with E-state index in [9.17, 15) is 9.90 Å². The Balaban J connectivity index is 0. The van der Waals surface area contributed by atoms with Crippen molar-refractivity contribution in [3.8, 4) is 0 Å². The molecule has 0 rings (SSSR count). The molecule has 4 heteroatoms. The topological polar surface area (TPSA) is 40.1 Å². The molecule has 0 aromatic rings. The van der Waals surface area contributed by atoms with Crippen molar-refractivity contribution in [1.29, 1.82) is 0 Å². The summed E-state index contributed by atoms with van der Waals surface area (Å²) in [5.74, 6) is -1.01. The number of alkyl halides is 1. The van der Waals surface area contributed by atoms with Crippen LogP contribution in [-0.2, 0) is 4.79 Å². The predicted molar refractivity (Wildman–Crippen MR) is 103 cm³/mol. The molecule has 0 N–H and O–H groups in total. The van der Waals surface area contributed by atoms with E-state index in [-0.39, 0.29) is 6.42 Å². The highest BCUT2D eigenvalue weighted by molar-refractivity contribution is 9.09. The zero-order chi connectivity index (χ0) is 18.0. The standard InChI is InChI=1S/C16H36N.C3H5BrO2/c1-5-9-13-17(14-10-6-2,15-11-7-3)16-12-8-4;4-2-1-3(5)6/h5-16H2,1-4H3;1-2H2,(H,5,6)/q+1;/p-1. The summed E-state index contributed by atoms with van der Waals surface area (Å²) < 4.78 is 1.42. The minimum atomic E-state index is -1.01. The molecule has 0 spiro atoms. The molecule has 0 fully saturated rings. The van der Waals surface area contributed by atoms with Gasteiger partial charge in [-0.1, -0.05) is 69.3 Å². The van der Waals surface area contributed by atoms with Crippen LogP contribution < -0.4 is 5.11 Å². The molecular formula is C19H40BrNO2. The van der Waals surface area contributed by atoms with Gasteiger partial charge in [-0.25, -0.2) is 0 Å². The average Bonchev–Trinajstić information content (AvgIpc) is 2.54. The number of quaternary nitrogens is 1. The van der Waals surface area contributed by atoms with Crippen molar-refractivity contribution in [2.75, 3.05) is 31.5 Å². The average molecular weight is 394 g/mol. The number of halogens is 1. The van der Waals surface area contributed by atoms with Gasteiger partial charge in [-0.2, -0.15) is 0 Å². The zero-order valence-electron chi connectivity index (χ0n) is 16.0. The first-order valence-corrected chi connectivity index (χ1v) is 10.7. The highest BCUT2D eigenvalue weighted by Gasteiger charge is 2.24. The Kier molecular flexibility index (Phi) is 20.0. The fourth-order valence-corrected chi connectivity index (χ4v) is 3.05. The van der Waals surface area contributed by atoms with Gasteiger partial charge in [-0.05, 0) is 32.1 Å². The molecule has 0 heterocycles. The van der Waals surface area contributed by atoms with E-state index < -0.39 is 5.97 Å². The van der Waals surface area contributed by atoms with E-state index in [0.29, 0.717) is 5.33 Å². The van der Waals surface area contributed by atoms with Gasteiger partial charge in [-0.3, -0.25) is 0 Å². The fraction of sp³-hybridized carbons (Fsp3) is 0.947. The van der Waals surface area contributed by atoms with E-state index in [4.69, 9.17) is 0 Å². The molecule has 0 aromatic carbocycles. The molecule has 0 amide bonds. The summed E-state index contributed by atoms with van der Waals surface area (Å²) in [5, 5.41) is 9.94. The number of unbranched alkanes of at least 4 members (excludes halogenated alkanes) is 4. The number of aliphatic carboxylic acids is 1. The van der Waals surface area contributed by atoms with Crippen LogP contribution in [0.2, 0.25) is 0 Å². The van der Waals surface area contributed by atoms with Gasteiger partial charge >= 0.3 is 0 Å². The summed E-state index contributed by atoms with van der Waals surface area (Å²) >= 11 is 2.93. The molecule has 3 nitrogen and oxygen atoms in total. The largest absolute Gasteiger partial charge is 0.550 e. The molecule has 0 saturated carbocycles. The lowest BCUT2D eigenvalue weighted by atomic mass is 10.1. The quantitative estimate of drug-likeness (QED) is 0.321. The van der Waals surface area contributed by atoms with E-state index in [1.54, 1.807) is 0 Å². The fourth-order valence-electron chi connectivity index (χ4n) is 2.72. The first-order chi connectivity index (χ1) is 11.0. The van der Waals surface area contributed by atoms with E-state index in [1.165, 1.54) is 82.0 Å². The lowest BCUT2D eigenvalue weighted by molar-refractivity contribution is -0.929. The molecule has 0 aromatic heterocycles. The van der Waals surface area contributed by atoms with Gasteiger partial charge in [0, 0.05) is 11.3 Å². The second-order valence-electron chi connectivity index (χ2n) is 6.46. The van der Waals surface area contributed by atoms with Gasteiger partial charge in [-0.15, -0.1) is 0 Å². The molecule has 0 aliphatic rings. The van der Waals surface area contributed by atoms with Crippen molar-refractivity contribution in [1.82, 2.24) is 0 Å². The van der Waals surface area contributed by atoms with Crippen molar-refractivity contribution >= 4 is 21.9 Å². The Hall–Kier alpha value is -0.0900. The van der Waals surface area contributed by atoms with Crippen molar-refractivity contribution < 1.29 is 14.4 Å². The molecule has 0 aliphatic heterocycles. The predicted octanol–water partition coefficient (Wildman–Crippen LogP) is 4.52. The molecule has 0 unspecified atom stereocenters. The van der Waals surface area contributed by atoms with Crippen LogP contribution >= 0.6 is 15.9 Å².